The maximum absolute atomic E-state index is 12.6. The number of hydrogen-bond acceptors (Lipinski definition) is 4. The van der Waals surface area contributed by atoms with Gasteiger partial charge in [-0.1, -0.05) is 22.9 Å². The van der Waals surface area contributed by atoms with Gasteiger partial charge in [-0.25, -0.2) is 4.98 Å². The predicted octanol–water partition coefficient (Wildman–Crippen LogP) is 3.52. The van der Waals surface area contributed by atoms with Crippen molar-refractivity contribution in [1.82, 2.24) is 9.88 Å². The summed E-state index contributed by atoms with van der Waals surface area (Å²) in [5.41, 5.74) is 1.20. The van der Waals surface area contributed by atoms with Crippen molar-refractivity contribution in [2.45, 2.75) is 25.8 Å². The Balaban J connectivity index is 1.69. The number of anilines is 2. The molecule has 1 aromatic carbocycles. The van der Waals surface area contributed by atoms with Gasteiger partial charge in [0.25, 0.3) is 5.91 Å². The summed E-state index contributed by atoms with van der Waals surface area (Å²) in [7, 11) is 0. The molecule has 136 valence electrons. The third-order valence-corrected chi connectivity index (χ3v) is 4.87. The Kier molecular flexibility index (Phi) is 5.88. The first kappa shape index (κ1) is 18.4. The summed E-state index contributed by atoms with van der Waals surface area (Å²) >= 11 is 3.38. The first-order valence-electron chi connectivity index (χ1n) is 8.63. The van der Waals surface area contributed by atoms with E-state index in [1.54, 1.807) is 18.3 Å². The van der Waals surface area contributed by atoms with E-state index in [0.29, 0.717) is 30.0 Å². The van der Waals surface area contributed by atoms with E-state index >= 15 is 0 Å². The lowest BCUT2D eigenvalue weighted by molar-refractivity contribution is -0.129. The molecule has 26 heavy (non-hydrogen) atoms. The third kappa shape index (κ3) is 4.40. The minimum absolute atomic E-state index is 0.0969. The summed E-state index contributed by atoms with van der Waals surface area (Å²) in [6.07, 6.45) is 3.01. The Bertz CT molecular complexity index is 794. The average Bonchev–Trinajstić information content (AvgIpc) is 3.12. The lowest BCUT2D eigenvalue weighted by atomic mass is 10.2. The molecule has 1 unspecified atom stereocenters. The monoisotopic (exact) mass is 416 g/mol. The van der Waals surface area contributed by atoms with Crippen LogP contribution in [0.1, 0.15) is 30.1 Å². The zero-order chi connectivity index (χ0) is 18.5. The standard InChI is InChI=1S/C19H21BrN4O2/c1-2-17(25)24-11-9-15(12-24)22-18-16(4-3-10-21-18)19(26)23-14-7-5-13(20)6-8-14/h3-8,10,15H,2,9,11-12H2,1H3,(H,21,22)(H,23,26). The second kappa shape index (κ2) is 8.31. The highest BCUT2D eigenvalue weighted by atomic mass is 79.9. The molecule has 1 aromatic heterocycles. The predicted molar refractivity (Wildman–Crippen MR) is 105 cm³/mol. The van der Waals surface area contributed by atoms with Gasteiger partial charge >= 0.3 is 0 Å². The number of nitrogens with zero attached hydrogens (tertiary/aromatic N) is 2. The highest BCUT2D eigenvalue weighted by Crippen LogP contribution is 2.20. The van der Waals surface area contributed by atoms with Crippen LogP contribution in [-0.2, 0) is 4.79 Å². The molecule has 1 saturated heterocycles. The maximum atomic E-state index is 12.6. The molecule has 3 rings (SSSR count). The Morgan fingerprint density at radius 1 is 1.27 bits per heavy atom. The number of benzene rings is 1. The van der Waals surface area contributed by atoms with E-state index < -0.39 is 0 Å². The van der Waals surface area contributed by atoms with Crippen LogP contribution in [-0.4, -0.2) is 40.8 Å². The molecule has 1 aliphatic heterocycles. The van der Waals surface area contributed by atoms with E-state index in [1.165, 1.54) is 0 Å². The van der Waals surface area contributed by atoms with Crippen molar-refractivity contribution in [2.24, 2.45) is 0 Å². The molecule has 2 heterocycles. The molecular weight excluding hydrogens is 396 g/mol. The minimum Gasteiger partial charge on any atom is -0.365 e. The molecule has 2 amide bonds. The number of nitrogens with one attached hydrogen (secondary N) is 2. The van der Waals surface area contributed by atoms with Gasteiger partial charge in [0.15, 0.2) is 0 Å². The number of aromatic nitrogens is 1. The molecule has 2 N–H and O–H groups in total. The molecule has 0 aliphatic carbocycles. The topological polar surface area (TPSA) is 74.3 Å². The van der Waals surface area contributed by atoms with Crippen molar-refractivity contribution in [3.05, 3.63) is 52.6 Å². The zero-order valence-corrected chi connectivity index (χ0v) is 16.1. The van der Waals surface area contributed by atoms with E-state index in [2.05, 4.69) is 31.5 Å². The van der Waals surface area contributed by atoms with Crippen molar-refractivity contribution in [3.63, 3.8) is 0 Å². The van der Waals surface area contributed by atoms with E-state index in [1.807, 2.05) is 36.1 Å². The summed E-state index contributed by atoms with van der Waals surface area (Å²) in [6, 6.07) is 11.0. The highest BCUT2D eigenvalue weighted by Gasteiger charge is 2.26. The number of likely N-dealkylation sites (tertiary alicyclic amines) is 1. The van der Waals surface area contributed by atoms with Gasteiger partial charge in [0, 0.05) is 41.9 Å². The average molecular weight is 417 g/mol. The molecule has 2 aromatic rings. The van der Waals surface area contributed by atoms with Crippen LogP contribution in [0.25, 0.3) is 0 Å². The van der Waals surface area contributed by atoms with Crippen molar-refractivity contribution in [2.75, 3.05) is 23.7 Å². The normalized spacial score (nSPS) is 16.4. The second-order valence-electron chi connectivity index (χ2n) is 6.18. The molecule has 7 heteroatoms. The van der Waals surface area contributed by atoms with Gasteiger partial charge in [0.1, 0.15) is 5.82 Å². The van der Waals surface area contributed by atoms with Crippen LogP contribution in [0.15, 0.2) is 47.1 Å². The number of hydrogen-bond donors (Lipinski definition) is 2. The van der Waals surface area contributed by atoms with Crippen molar-refractivity contribution < 1.29 is 9.59 Å². The van der Waals surface area contributed by atoms with Crippen LogP contribution < -0.4 is 10.6 Å². The molecule has 1 aliphatic rings. The number of carbonyl (C=O) groups is 2. The number of carbonyl (C=O) groups excluding carboxylic acids is 2. The molecule has 1 atom stereocenters. The van der Waals surface area contributed by atoms with Gasteiger partial charge in [-0.15, -0.1) is 0 Å². The summed E-state index contributed by atoms with van der Waals surface area (Å²) < 4.78 is 0.951. The molecule has 6 nitrogen and oxygen atoms in total. The zero-order valence-electron chi connectivity index (χ0n) is 14.5. The van der Waals surface area contributed by atoms with Gasteiger partial charge in [-0.3, -0.25) is 9.59 Å². The van der Waals surface area contributed by atoms with Crippen LogP contribution in [0.4, 0.5) is 11.5 Å². The smallest absolute Gasteiger partial charge is 0.259 e. The first-order valence-corrected chi connectivity index (χ1v) is 9.42. The Hall–Kier alpha value is -2.41. The maximum Gasteiger partial charge on any atom is 0.259 e. The fourth-order valence-corrected chi connectivity index (χ4v) is 3.22. The minimum atomic E-state index is -0.220. The Labute approximate surface area is 161 Å². The fourth-order valence-electron chi connectivity index (χ4n) is 2.96. The Morgan fingerprint density at radius 3 is 2.77 bits per heavy atom. The Morgan fingerprint density at radius 2 is 2.04 bits per heavy atom. The van der Waals surface area contributed by atoms with Gasteiger partial charge < -0.3 is 15.5 Å². The van der Waals surface area contributed by atoms with Crippen molar-refractivity contribution in [1.29, 1.82) is 0 Å². The lowest BCUT2D eigenvalue weighted by Gasteiger charge is -2.18. The van der Waals surface area contributed by atoms with Gasteiger partial charge in [-0.05, 0) is 42.8 Å². The summed E-state index contributed by atoms with van der Waals surface area (Å²) in [4.78, 5) is 30.7. The number of halogens is 1. The van der Waals surface area contributed by atoms with E-state index in [-0.39, 0.29) is 17.9 Å². The van der Waals surface area contributed by atoms with Crippen LogP contribution in [0, 0.1) is 0 Å². The quantitative estimate of drug-likeness (QED) is 0.781. The number of pyridine rings is 1. The molecule has 0 radical (unpaired) electrons. The molecular formula is C19H21BrN4O2. The second-order valence-corrected chi connectivity index (χ2v) is 7.10. The lowest BCUT2D eigenvalue weighted by Crippen LogP contribution is -2.31. The number of amides is 2. The molecule has 1 fully saturated rings. The third-order valence-electron chi connectivity index (χ3n) is 4.34. The van der Waals surface area contributed by atoms with Gasteiger partial charge in [-0.2, -0.15) is 0 Å². The highest BCUT2D eigenvalue weighted by molar-refractivity contribution is 9.10. The van der Waals surface area contributed by atoms with Crippen LogP contribution in [0.2, 0.25) is 0 Å². The first-order chi connectivity index (χ1) is 12.6. The van der Waals surface area contributed by atoms with Crippen molar-refractivity contribution >= 4 is 39.2 Å². The fraction of sp³-hybridized carbons (Fsp3) is 0.316. The largest absolute Gasteiger partial charge is 0.365 e. The molecule has 0 spiro atoms. The van der Waals surface area contributed by atoms with Gasteiger partial charge in [0.05, 0.1) is 5.56 Å². The van der Waals surface area contributed by atoms with Gasteiger partial charge in [0.2, 0.25) is 5.91 Å². The summed E-state index contributed by atoms with van der Waals surface area (Å²) in [5, 5.41) is 6.20. The molecule has 0 saturated carbocycles. The van der Waals surface area contributed by atoms with Crippen LogP contribution in [0.3, 0.4) is 0 Å². The summed E-state index contributed by atoms with van der Waals surface area (Å²) in [6.45, 7) is 3.24. The number of rotatable bonds is 5. The SMILES string of the molecule is CCC(=O)N1CCC(Nc2ncccc2C(=O)Nc2ccc(Br)cc2)C1. The van der Waals surface area contributed by atoms with E-state index in [0.717, 1.165) is 17.4 Å². The van der Waals surface area contributed by atoms with E-state index in [4.69, 9.17) is 0 Å². The van der Waals surface area contributed by atoms with Crippen LogP contribution >= 0.6 is 15.9 Å². The van der Waals surface area contributed by atoms with Crippen molar-refractivity contribution in [3.8, 4) is 0 Å². The van der Waals surface area contributed by atoms with Crippen LogP contribution in [0.5, 0.6) is 0 Å². The molecule has 0 bridgehead atoms. The summed E-state index contributed by atoms with van der Waals surface area (Å²) in [5.74, 6) is 0.476. The van der Waals surface area contributed by atoms with E-state index in [9.17, 15) is 9.59 Å².